The summed E-state index contributed by atoms with van der Waals surface area (Å²) in [6.45, 7) is 2.42. The zero-order chi connectivity index (χ0) is 18.6. The Kier molecular flexibility index (Phi) is 6.21. The third-order valence-electron chi connectivity index (χ3n) is 3.90. The molecule has 134 valence electrons. The third kappa shape index (κ3) is 4.60. The van der Waals surface area contributed by atoms with Crippen molar-refractivity contribution in [2.45, 2.75) is 17.7 Å². The first-order valence-corrected chi connectivity index (χ1v) is 9.60. The summed E-state index contributed by atoms with van der Waals surface area (Å²) in [5.74, 6) is -0.277. The van der Waals surface area contributed by atoms with E-state index in [2.05, 4.69) is 5.32 Å². The fourth-order valence-electron chi connectivity index (χ4n) is 2.29. The minimum atomic E-state index is -3.63. The normalized spacial score (nSPS) is 12.8. The molecule has 0 saturated carbocycles. The summed E-state index contributed by atoms with van der Waals surface area (Å²) in [5.41, 5.74) is 1.25. The van der Waals surface area contributed by atoms with E-state index in [0.717, 1.165) is 9.87 Å². The summed E-state index contributed by atoms with van der Waals surface area (Å²) in [7, 11) is -0.758. The van der Waals surface area contributed by atoms with Crippen molar-refractivity contribution in [3.05, 3.63) is 64.7 Å². The minimum Gasteiger partial charge on any atom is -0.351 e. The van der Waals surface area contributed by atoms with Crippen LogP contribution in [-0.4, -0.2) is 39.3 Å². The van der Waals surface area contributed by atoms with Crippen LogP contribution in [0.2, 0.25) is 5.02 Å². The molecule has 0 radical (unpaired) electrons. The number of amides is 1. The molecule has 0 aliphatic rings. The molecule has 0 aromatic heterocycles. The van der Waals surface area contributed by atoms with Crippen LogP contribution in [0.1, 0.15) is 28.8 Å². The Balaban J connectivity index is 2.16. The number of hydrogen-bond acceptors (Lipinski definition) is 3. The number of sulfonamides is 1. The SMILES string of the molecule is CC(CNC(=O)c1cc(S(=O)(=O)N(C)C)ccc1Cl)c1ccccc1. The second kappa shape index (κ2) is 7.99. The van der Waals surface area contributed by atoms with Gasteiger partial charge in [0.15, 0.2) is 0 Å². The lowest BCUT2D eigenvalue weighted by Gasteiger charge is -2.15. The number of nitrogens with one attached hydrogen (secondary N) is 1. The van der Waals surface area contributed by atoms with E-state index < -0.39 is 15.9 Å². The number of nitrogens with zero attached hydrogens (tertiary/aromatic N) is 1. The van der Waals surface area contributed by atoms with Crippen LogP contribution in [0.4, 0.5) is 0 Å². The fourth-order valence-corrected chi connectivity index (χ4v) is 3.42. The van der Waals surface area contributed by atoms with Gasteiger partial charge in [-0.05, 0) is 29.7 Å². The molecule has 0 spiro atoms. The van der Waals surface area contributed by atoms with Gasteiger partial charge < -0.3 is 5.32 Å². The van der Waals surface area contributed by atoms with Crippen LogP contribution < -0.4 is 5.32 Å². The molecular formula is C18H21ClN2O3S. The van der Waals surface area contributed by atoms with E-state index in [4.69, 9.17) is 11.6 Å². The van der Waals surface area contributed by atoms with Crippen molar-refractivity contribution in [2.75, 3.05) is 20.6 Å². The van der Waals surface area contributed by atoms with Gasteiger partial charge in [-0.25, -0.2) is 12.7 Å². The Bertz CT molecular complexity index is 852. The van der Waals surface area contributed by atoms with E-state index in [9.17, 15) is 13.2 Å². The standard InChI is InChI=1S/C18H21ClN2O3S/c1-13(14-7-5-4-6-8-14)12-20-18(22)16-11-15(9-10-17(16)19)25(23,24)21(2)3/h4-11,13H,12H2,1-3H3,(H,20,22). The molecule has 5 nitrogen and oxygen atoms in total. The smallest absolute Gasteiger partial charge is 0.252 e. The van der Waals surface area contributed by atoms with Gasteiger partial charge in [0.25, 0.3) is 5.91 Å². The van der Waals surface area contributed by atoms with E-state index in [1.807, 2.05) is 37.3 Å². The van der Waals surface area contributed by atoms with Gasteiger partial charge in [0.05, 0.1) is 15.5 Å². The molecule has 0 aliphatic heterocycles. The molecule has 0 aliphatic carbocycles. The Morgan fingerprint density at radius 1 is 1.16 bits per heavy atom. The van der Waals surface area contributed by atoms with Gasteiger partial charge in [-0.1, -0.05) is 48.9 Å². The van der Waals surface area contributed by atoms with Gasteiger partial charge in [-0.2, -0.15) is 0 Å². The second-order valence-electron chi connectivity index (χ2n) is 5.95. The number of carbonyl (C=O) groups is 1. The van der Waals surface area contributed by atoms with Crippen molar-refractivity contribution in [1.82, 2.24) is 9.62 Å². The van der Waals surface area contributed by atoms with Gasteiger partial charge in [-0.3, -0.25) is 4.79 Å². The lowest BCUT2D eigenvalue weighted by Crippen LogP contribution is -2.28. The highest BCUT2D eigenvalue weighted by molar-refractivity contribution is 7.89. The van der Waals surface area contributed by atoms with Gasteiger partial charge in [0.2, 0.25) is 10.0 Å². The average Bonchev–Trinajstić information content (AvgIpc) is 2.60. The molecule has 0 fully saturated rings. The molecule has 0 heterocycles. The van der Waals surface area contributed by atoms with Crippen molar-refractivity contribution in [2.24, 2.45) is 0 Å². The highest BCUT2D eigenvalue weighted by Gasteiger charge is 2.21. The largest absolute Gasteiger partial charge is 0.351 e. The predicted octanol–water partition coefficient (Wildman–Crippen LogP) is 3.12. The van der Waals surface area contributed by atoms with Crippen molar-refractivity contribution in [3.63, 3.8) is 0 Å². The van der Waals surface area contributed by atoms with E-state index in [0.29, 0.717) is 6.54 Å². The minimum absolute atomic E-state index is 0.0307. The molecule has 1 amide bonds. The van der Waals surface area contributed by atoms with Crippen LogP contribution in [0.3, 0.4) is 0 Å². The second-order valence-corrected chi connectivity index (χ2v) is 8.51. The maximum Gasteiger partial charge on any atom is 0.252 e. The van der Waals surface area contributed by atoms with Crippen LogP contribution in [-0.2, 0) is 10.0 Å². The van der Waals surface area contributed by atoms with Gasteiger partial charge >= 0.3 is 0 Å². The van der Waals surface area contributed by atoms with E-state index in [1.165, 1.54) is 32.3 Å². The first kappa shape index (κ1) is 19.4. The summed E-state index contributed by atoms with van der Waals surface area (Å²) < 4.78 is 25.5. The lowest BCUT2D eigenvalue weighted by atomic mass is 10.0. The van der Waals surface area contributed by atoms with Crippen molar-refractivity contribution in [1.29, 1.82) is 0 Å². The Hall–Kier alpha value is -1.89. The van der Waals surface area contributed by atoms with Crippen LogP contribution >= 0.6 is 11.6 Å². The van der Waals surface area contributed by atoms with Crippen LogP contribution in [0.15, 0.2) is 53.4 Å². The van der Waals surface area contributed by atoms with Crippen LogP contribution in [0, 0.1) is 0 Å². The van der Waals surface area contributed by atoms with Gasteiger partial charge in [-0.15, -0.1) is 0 Å². The zero-order valence-corrected chi connectivity index (χ0v) is 15.9. The Labute approximate surface area is 153 Å². The summed E-state index contributed by atoms with van der Waals surface area (Å²) >= 11 is 6.08. The lowest BCUT2D eigenvalue weighted by molar-refractivity contribution is 0.0951. The molecule has 0 saturated heterocycles. The maximum absolute atomic E-state index is 12.4. The maximum atomic E-state index is 12.4. The highest BCUT2D eigenvalue weighted by Crippen LogP contribution is 2.22. The van der Waals surface area contributed by atoms with Crippen molar-refractivity contribution >= 4 is 27.5 Å². The topological polar surface area (TPSA) is 66.5 Å². The number of carbonyl (C=O) groups excluding carboxylic acids is 1. The quantitative estimate of drug-likeness (QED) is 0.837. The summed E-state index contributed by atoms with van der Waals surface area (Å²) in [5, 5.41) is 3.02. The molecule has 2 aromatic carbocycles. The Morgan fingerprint density at radius 3 is 2.40 bits per heavy atom. The van der Waals surface area contributed by atoms with Gasteiger partial charge in [0, 0.05) is 20.6 Å². The van der Waals surface area contributed by atoms with Crippen LogP contribution in [0.5, 0.6) is 0 Å². The average molecular weight is 381 g/mol. The molecule has 2 aromatic rings. The molecular weight excluding hydrogens is 360 g/mol. The molecule has 1 N–H and O–H groups in total. The van der Waals surface area contributed by atoms with Crippen molar-refractivity contribution in [3.8, 4) is 0 Å². The third-order valence-corrected chi connectivity index (χ3v) is 6.04. The van der Waals surface area contributed by atoms with Crippen LogP contribution in [0.25, 0.3) is 0 Å². The highest BCUT2D eigenvalue weighted by atomic mass is 35.5. The monoisotopic (exact) mass is 380 g/mol. The zero-order valence-electron chi connectivity index (χ0n) is 14.4. The predicted molar refractivity (Wildman–Crippen MR) is 99.5 cm³/mol. The molecule has 1 unspecified atom stereocenters. The Morgan fingerprint density at radius 2 is 1.80 bits per heavy atom. The van der Waals surface area contributed by atoms with Crippen molar-refractivity contribution < 1.29 is 13.2 Å². The summed E-state index contributed by atoms with van der Waals surface area (Å²) in [6.07, 6.45) is 0. The summed E-state index contributed by atoms with van der Waals surface area (Å²) in [4.78, 5) is 12.5. The van der Waals surface area contributed by atoms with E-state index in [-0.39, 0.29) is 21.4 Å². The van der Waals surface area contributed by atoms with Gasteiger partial charge in [0.1, 0.15) is 0 Å². The van der Waals surface area contributed by atoms with E-state index >= 15 is 0 Å². The fraction of sp³-hybridized carbons (Fsp3) is 0.278. The molecule has 2 rings (SSSR count). The summed E-state index contributed by atoms with van der Waals surface area (Å²) in [6, 6.07) is 13.9. The molecule has 25 heavy (non-hydrogen) atoms. The molecule has 1 atom stereocenters. The first-order valence-electron chi connectivity index (χ1n) is 7.78. The number of benzene rings is 2. The van der Waals surface area contributed by atoms with E-state index in [1.54, 1.807) is 0 Å². The first-order chi connectivity index (χ1) is 11.7. The number of rotatable bonds is 6. The number of halogens is 1. The molecule has 7 heteroatoms. The molecule has 0 bridgehead atoms. The number of hydrogen-bond donors (Lipinski definition) is 1.